The predicted octanol–water partition coefficient (Wildman–Crippen LogP) is 3.23. The van der Waals surface area contributed by atoms with Gasteiger partial charge < -0.3 is 15.7 Å². The Morgan fingerprint density at radius 2 is 2.10 bits per heavy atom. The third-order valence-corrected chi connectivity index (χ3v) is 3.82. The van der Waals surface area contributed by atoms with E-state index in [-0.39, 0.29) is 16.7 Å². The van der Waals surface area contributed by atoms with Gasteiger partial charge in [-0.1, -0.05) is 13.3 Å². The average molecular weight is 294 g/mol. The topological polar surface area (TPSA) is 78.4 Å². The lowest BCUT2D eigenvalue weighted by atomic mass is 10.0. The summed E-state index contributed by atoms with van der Waals surface area (Å²) in [5, 5.41) is 14.0. The van der Waals surface area contributed by atoms with E-state index < -0.39 is 17.8 Å². The molecule has 1 aliphatic rings. The Labute approximate surface area is 122 Å². The summed E-state index contributed by atoms with van der Waals surface area (Å²) < 4.78 is 13.6. The number of carboxylic acid groups (broad SMARTS) is 1. The number of carboxylic acids is 1. The van der Waals surface area contributed by atoms with Gasteiger partial charge in [0.15, 0.2) is 0 Å². The van der Waals surface area contributed by atoms with Gasteiger partial charge in [-0.2, -0.15) is 0 Å². The SMILES string of the molecule is CCCC1(CNC(=O)Nc2cc(C(=O)O)ccc2F)CC1. The summed E-state index contributed by atoms with van der Waals surface area (Å²) in [6.45, 7) is 2.67. The summed E-state index contributed by atoms with van der Waals surface area (Å²) >= 11 is 0. The van der Waals surface area contributed by atoms with E-state index in [1.807, 2.05) is 0 Å². The van der Waals surface area contributed by atoms with Crippen LogP contribution in [0, 0.1) is 11.2 Å². The van der Waals surface area contributed by atoms with Crippen LogP contribution >= 0.6 is 0 Å². The van der Waals surface area contributed by atoms with Gasteiger partial charge in [-0.25, -0.2) is 14.0 Å². The quantitative estimate of drug-likeness (QED) is 0.753. The van der Waals surface area contributed by atoms with E-state index in [0.29, 0.717) is 6.54 Å². The number of hydrogen-bond acceptors (Lipinski definition) is 2. The Morgan fingerprint density at radius 3 is 2.67 bits per heavy atom. The smallest absolute Gasteiger partial charge is 0.335 e. The lowest BCUT2D eigenvalue weighted by Gasteiger charge is -2.15. The molecule has 1 aromatic carbocycles. The highest BCUT2D eigenvalue weighted by Gasteiger charge is 2.41. The van der Waals surface area contributed by atoms with Crippen LogP contribution in [-0.2, 0) is 0 Å². The summed E-state index contributed by atoms with van der Waals surface area (Å²) in [6, 6.07) is 2.77. The molecule has 3 N–H and O–H groups in total. The Morgan fingerprint density at radius 1 is 1.38 bits per heavy atom. The van der Waals surface area contributed by atoms with Gasteiger partial charge in [-0.05, 0) is 42.9 Å². The zero-order valence-corrected chi connectivity index (χ0v) is 11.9. The molecule has 0 bridgehead atoms. The van der Waals surface area contributed by atoms with Crippen molar-refractivity contribution in [1.29, 1.82) is 0 Å². The fourth-order valence-corrected chi connectivity index (χ4v) is 2.41. The minimum absolute atomic E-state index is 0.0728. The summed E-state index contributed by atoms with van der Waals surface area (Å²) in [4.78, 5) is 22.6. The lowest BCUT2D eigenvalue weighted by molar-refractivity contribution is 0.0697. The van der Waals surface area contributed by atoms with E-state index in [0.717, 1.165) is 43.9 Å². The van der Waals surface area contributed by atoms with Gasteiger partial charge >= 0.3 is 12.0 Å². The molecule has 21 heavy (non-hydrogen) atoms. The maximum Gasteiger partial charge on any atom is 0.335 e. The summed E-state index contributed by atoms with van der Waals surface area (Å²) in [6.07, 6.45) is 4.34. The van der Waals surface area contributed by atoms with Crippen molar-refractivity contribution in [3.05, 3.63) is 29.6 Å². The molecule has 0 unspecified atom stereocenters. The summed E-state index contributed by atoms with van der Waals surface area (Å²) in [5.74, 6) is -1.83. The Balaban J connectivity index is 1.93. The Bertz CT molecular complexity index is 556. The third-order valence-electron chi connectivity index (χ3n) is 3.82. The van der Waals surface area contributed by atoms with Crippen LogP contribution in [0.1, 0.15) is 43.0 Å². The number of rotatable bonds is 6. The maximum atomic E-state index is 13.6. The van der Waals surface area contributed by atoms with Crippen LogP contribution in [0.5, 0.6) is 0 Å². The first kappa shape index (κ1) is 15.3. The predicted molar refractivity (Wildman–Crippen MR) is 77.0 cm³/mol. The number of carbonyl (C=O) groups is 2. The van der Waals surface area contributed by atoms with Gasteiger partial charge in [0.25, 0.3) is 0 Å². The molecule has 1 saturated carbocycles. The molecule has 0 saturated heterocycles. The van der Waals surface area contributed by atoms with Gasteiger partial charge in [-0.15, -0.1) is 0 Å². The highest BCUT2D eigenvalue weighted by Crippen LogP contribution is 2.48. The minimum atomic E-state index is -1.17. The van der Waals surface area contributed by atoms with E-state index in [9.17, 15) is 14.0 Å². The molecule has 1 aliphatic carbocycles. The molecule has 1 aromatic rings. The van der Waals surface area contributed by atoms with Crippen LogP contribution < -0.4 is 10.6 Å². The number of benzene rings is 1. The number of anilines is 1. The molecule has 5 nitrogen and oxygen atoms in total. The molecular formula is C15H19FN2O3. The molecule has 2 rings (SSSR count). The van der Waals surface area contributed by atoms with Crippen LogP contribution in [0.15, 0.2) is 18.2 Å². The van der Waals surface area contributed by atoms with Crippen LogP contribution in [0.3, 0.4) is 0 Å². The minimum Gasteiger partial charge on any atom is -0.478 e. The molecule has 6 heteroatoms. The van der Waals surface area contributed by atoms with E-state index in [4.69, 9.17) is 5.11 Å². The van der Waals surface area contributed by atoms with Crippen LogP contribution in [0.25, 0.3) is 0 Å². The molecule has 2 amide bonds. The Kier molecular flexibility index (Phi) is 4.45. The van der Waals surface area contributed by atoms with Crippen LogP contribution in [0.4, 0.5) is 14.9 Å². The molecule has 0 spiro atoms. The van der Waals surface area contributed by atoms with Crippen molar-refractivity contribution in [2.45, 2.75) is 32.6 Å². The van der Waals surface area contributed by atoms with Gasteiger partial charge in [-0.3, -0.25) is 0 Å². The number of halogens is 1. The second-order valence-corrected chi connectivity index (χ2v) is 5.56. The van der Waals surface area contributed by atoms with Gasteiger partial charge in [0.05, 0.1) is 11.3 Å². The molecule has 0 heterocycles. The molecule has 0 atom stereocenters. The van der Waals surface area contributed by atoms with Gasteiger partial charge in [0.1, 0.15) is 5.82 Å². The van der Waals surface area contributed by atoms with E-state index in [1.54, 1.807) is 0 Å². The van der Waals surface area contributed by atoms with E-state index >= 15 is 0 Å². The fraction of sp³-hybridized carbons (Fsp3) is 0.467. The molecular weight excluding hydrogens is 275 g/mol. The lowest BCUT2D eigenvalue weighted by Crippen LogP contribution is -2.34. The number of aromatic carboxylic acids is 1. The van der Waals surface area contributed by atoms with E-state index in [2.05, 4.69) is 17.6 Å². The zero-order valence-electron chi connectivity index (χ0n) is 11.9. The monoisotopic (exact) mass is 294 g/mol. The highest BCUT2D eigenvalue weighted by atomic mass is 19.1. The second-order valence-electron chi connectivity index (χ2n) is 5.56. The third kappa shape index (κ3) is 3.93. The maximum absolute atomic E-state index is 13.6. The number of urea groups is 1. The van der Waals surface area contributed by atoms with Crippen LogP contribution in [0.2, 0.25) is 0 Å². The average Bonchev–Trinajstić information content (AvgIpc) is 3.19. The molecule has 114 valence electrons. The zero-order chi connectivity index (χ0) is 15.5. The van der Waals surface area contributed by atoms with Crippen molar-refractivity contribution in [2.24, 2.45) is 5.41 Å². The van der Waals surface area contributed by atoms with Gasteiger partial charge in [0.2, 0.25) is 0 Å². The van der Waals surface area contributed by atoms with E-state index in [1.165, 1.54) is 0 Å². The Hall–Kier alpha value is -2.11. The number of amides is 2. The fourth-order valence-electron chi connectivity index (χ4n) is 2.41. The second kappa shape index (κ2) is 6.11. The number of carbonyl (C=O) groups excluding carboxylic acids is 1. The summed E-state index contributed by atoms with van der Waals surface area (Å²) in [5.41, 5.74) is -0.00262. The normalized spacial score (nSPS) is 15.3. The molecule has 0 aromatic heterocycles. The van der Waals surface area contributed by atoms with Gasteiger partial charge in [0, 0.05) is 6.54 Å². The van der Waals surface area contributed by atoms with Crippen molar-refractivity contribution in [2.75, 3.05) is 11.9 Å². The molecule has 0 radical (unpaired) electrons. The standard InChI is InChI=1S/C15H19FN2O3/c1-2-5-15(6-7-15)9-17-14(21)18-12-8-10(13(19)20)3-4-11(12)16/h3-4,8H,2,5-7,9H2,1H3,(H,19,20)(H2,17,18,21). The van der Waals surface area contributed by atoms with Crippen molar-refractivity contribution in [1.82, 2.24) is 5.32 Å². The van der Waals surface area contributed by atoms with Crippen LogP contribution in [-0.4, -0.2) is 23.7 Å². The van der Waals surface area contributed by atoms with Crippen molar-refractivity contribution >= 4 is 17.7 Å². The largest absolute Gasteiger partial charge is 0.478 e. The van der Waals surface area contributed by atoms with Crippen molar-refractivity contribution < 1.29 is 19.1 Å². The van der Waals surface area contributed by atoms with Crippen molar-refractivity contribution in [3.63, 3.8) is 0 Å². The molecule has 1 fully saturated rings. The first-order valence-corrected chi connectivity index (χ1v) is 7.03. The number of hydrogen-bond donors (Lipinski definition) is 3. The first-order chi connectivity index (χ1) is 9.96. The van der Waals surface area contributed by atoms with Crippen molar-refractivity contribution in [3.8, 4) is 0 Å². The molecule has 0 aliphatic heterocycles. The number of nitrogens with one attached hydrogen (secondary N) is 2. The highest BCUT2D eigenvalue weighted by molar-refractivity contribution is 5.93. The first-order valence-electron chi connectivity index (χ1n) is 7.03. The summed E-state index contributed by atoms with van der Waals surface area (Å²) in [7, 11) is 0.